The van der Waals surface area contributed by atoms with E-state index in [0.717, 1.165) is 62.3 Å². The summed E-state index contributed by atoms with van der Waals surface area (Å²) in [5, 5.41) is 3.60. The number of rotatable bonds is 6. The first-order valence-corrected chi connectivity index (χ1v) is 10.9. The average Bonchev–Trinajstić information content (AvgIpc) is 2.72. The Morgan fingerprint density at radius 2 is 1.93 bits per heavy atom. The summed E-state index contributed by atoms with van der Waals surface area (Å²) in [4.78, 5) is 17.2. The number of hydrogen-bond donors (Lipinski definition) is 1. The lowest BCUT2D eigenvalue weighted by molar-refractivity contribution is 0.0409. The van der Waals surface area contributed by atoms with Crippen LogP contribution in [0.1, 0.15) is 42.1 Å². The van der Waals surface area contributed by atoms with Gasteiger partial charge in [0, 0.05) is 35.6 Å². The van der Waals surface area contributed by atoms with Gasteiger partial charge in [-0.05, 0) is 69.0 Å². The van der Waals surface area contributed by atoms with Gasteiger partial charge in [0.2, 0.25) is 0 Å². The Hall–Kier alpha value is -1.53. The van der Waals surface area contributed by atoms with Crippen LogP contribution < -0.4 is 5.32 Å². The molecule has 2 aliphatic rings. The molecule has 0 atom stereocenters. The summed E-state index contributed by atoms with van der Waals surface area (Å²) in [5.41, 5.74) is 4.26. The third-order valence-electron chi connectivity index (χ3n) is 5.79. The molecule has 156 valence electrons. The molecule has 1 N–H and O–H groups in total. The first-order chi connectivity index (χ1) is 13.7. The van der Waals surface area contributed by atoms with Crippen molar-refractivity contribution in [1.82, 2.24) is 4.90 Å². The van der Waals surface area contributed by atoms with Crippen molar-refractivity contribution in [2.45, 2.75) is 48.5 Å². The van der Waals surface area contributed by atoms with Crippen LogP contribution in [0.5, 0.6) is 0 Å². The van der Waals surface area contributed by atoms with Crippen LogP contribution in [0.2, 0.25) is 0 Å². The molecule has 0 aromatic heterocycles. The van der Waals surface area contributed by atoms with Crippen molar-refractivity contribution in [3.05, 3.63) is 47.5 Å². The SMILES string of the molecule is COC1CCN(CCCc2c(C(C)=O)ccc3c2Nc2ccccc2S3)CC1.Cl. The summed E-state index contributed by atoms with van der Waals surface area (Å²) in [6, 6.07) is 12.4. The second-order valence-electron chi connectivity index (χ2n) is 7.62. The summed E-state index contributed by atoms with van der Waals surface area (Å²) < 4.78 is 5.47. The highest BCUT2D eigenvalue weighted by Crippen LogP contribution is 2.46. The van der Waals surface area contributed by atoms with Gasteiger partial charge in [-0.15, -0.1) is 12.4 Å². The van der Waals surface area contributed by atoms with Crippen LogP contribution in [0.4, 0.5) is 11.4 Å². The van der Waals surface area contributed by atoms with E-state index in [9.17, 15) is 4.79 Å². The van der Waals surface area contributed by atoms with Crippen molar-refractivity contribution in [2.75, 3.05) is 32.1 Å². The van der Waals surface area contributed by atoms with Gasteiger partial charge in [0.05, 0.1) is 17.5 Å². The van der Waals surface area contributed by atoms with E-state index in [4.69, 9.17) is 4.74 Å². The minimum atomic E-state index is 0. The lowest BCUT2D eigenvalue weighted by Gasteiger charge is -2.31. The number of nitrogens with one attached hydrogen (secondary N) is 1. The molecule has 6 heteroatoms. The van der Waals surface area contributed by atoms with Crippen LogP contribution in [-0.2, 0) is 11.2 Å². The molecule has 0 amide bonds. The predicted octanol–water partition coefficient (Wildman–Crippen LogP) is 5.56. The zero-order chi connectivity index (χ0) is 19.5. The molecular weight excluding hydrogens is 404 g/mol. The summed E-state index contributed by atoms with van der Waals surface area (Å²) >= 11 is 1.78. The zero-order valence-electron chi connectivity index (χ0n) is 17.1. The van der Waals surface area contributed by atoms with E-state index in [1.807, 2.05) is 13.2 Å². The van der Waals surface area contributed by atoms with E-state index in [1.54, 1.807) is 18.7 Å². The van der Waals surface area contributed by atoms with Crippen LogP contribution in [0.3, 0.4) is 0 Å². The largest absolute Gasteiger partial charge is 0.381 e. The summed E-state index contributed by atoms with van der Waals surface area (Å²) in [6.45, 7) is 4.95. The van der Waals surface area contributed by atoms with Gasteiger partial charge >= 0.3 is 0 Å². The molecule has 0 spiro atoms. The van der Waals surface area contributed by atoms with E-state index in [1.165, 1.54) is 15.4 Å². The molecule has 2 aromatic rings. The number of methoxy groups -OCH3 is 1. The normalized spacial score (nSPS) is 16.3. The van der Waals surface area contributed by atoms with Crippen molar-refractivity contribution >= 4 is 41.3 Å². The van der Waals surface area contributed by atoms with Crippen molar-refractivity contribution in [3.8, 4) is 0 Å². The van der Waals surface area contributed by atoms with Gasteiger partial charge in [-0.3, -0.25) is 4.79 Å². The zero-order valence-corrected chi connectivity index (χ0v) is 18.7. The van der Waals surface area contributed by atoms with Gasteiger partial charge < -0.3 is 15.0 Å². The van der Waals surface area contributed by atoms with E-state index in [-0.39, 0.29) is 18.2 Å². The molecule has 0 radical (unpaired) electrons. The van der Waals surface area contributed by atoms with Gasteiger partial charge in [-0.25, -0.2) is 0 Å². The Kier molecular flexibility index (Phi) is 7.63. The number of benzene rings is 2. The first-order valence-electron chi connectivity index (χ1n) is 10.1. The molecule has 2 heterocycles. The molecule has 0 aliphatic carbocycles. The molecule has 0 unspecified atom stereocenters. The number of halogens is 1. The quantitative estimate of drug-likeness (QED) is 0.516. The minimum Gasteiger partial charge on any atom is -0.381 e. The minimum absolute atomic E-state index is 0. The monoisotopic (exact) mass is 432 g/mol. The van der Waals surface area contributed by atoms with Crippen LogP contribution in [0.25, 0.3) is 0 Å². The van der Waals surface area contributed by atoms with Gasteiger partial charge in [0.15, 0.2) is 5.78 Å². The number of carbonyl (C=O) groups is 1. The smallest absolute Gasteiger partial charge is 0.160 e. The lowest BCUT2D eigenvalue weighted by Crippen LogP contribution is -2.37. The Labute approximate surface area is 183 Å². The first kappa shape index (κ1) is 22.2. The Morgan fingerprint density at radius 3 is 2.66 bits per heavy atom. The molecule has 1 fully saturated rings. The van der Waals surface area contributed by atoms with Gasteiger partial charge in [0.1, 0.15) is 0 Å². The van der Waals surface area contributed by atoms with E-state index < -0.39 is 0 Å². The second kappa shape index (κ2) is 9.98. The average molecular weight is 433 g/mol. The molecule has 2 aliphatic heterocycles. The number of ether oxygens (including phenoxy) is 1. The molecule has 1 saturated heterocycles. The summed E-state index contributed by atoms with van der Waals surface area (Å²) in [5.74, 6) is 0.143. The van der Waals surface area contributed by atoms with E-state index in [0.29, 0.717) is 6.10 Å². The topological polar surface area (TPSA) is 41.6 Å². The van der Waals surface area contributed by atoms with Crippen molar-refractivity contribution in [1.29, 1.82) is 0 Å². The van der Waals surface area contributed by atoms with Gasteiger partial charge in [-0.1, -0.05) is 23.9 Å². The lowest BCUT2D eigenvalue weighted by atomic mass is 9.97. The molecule has 0 bridgehead atoms. The number of fused-ring (bicyclic) bond motifs is 2. The Morgan fingerprint density at radius 1 is 1.17 bits per heavy atom. The summed E-state index contributed by atoms with van der Waals surface area (Å²) in [6.07, 6.45) is 4.62. The molecule has 2 aromatic carbocycles. The molecule has 0 saturated carbocycles. The highest BCUT2D eigenvalue weighted by Gasteiger charge is 2.23. The maximum absolute atomic E-state index is 12.3. The number of carbonyl (C=O) groups excluding carboxylic acids is 1. The van der Waals surface area contributed by atoms with Crippen LogP contribution >= 0.6 is 24.2 Å². The number of ketones is 1. The van der Waals surface area contributed by atoms with Crippen LogP contribution in [-0.4, -0.2) is 43.5 Å². The summed E-state index contributed by atoms with van der Waals surface area (Å²) in [7, 11) is 1.81. The maximum atomic E-state index is 12.3. The van der Waals surface area contributed by atoms with Crippen LogP contribution in [0, 0.1) is 0 Å². The van der Waals surface area contributed by atoms with Crippen LogP contribution in [0.15, 0.2) is 46.2 Å². The Balaban J connectivity index is 0.00000240. The highest BCUT2D eigenvalue weighted by molar-refractivity contribution is 7.99. The second-order valence-corrected chi connectivity index (χ2v) is 8.71. The highest BCUT2D eigenvalue weighted by atomic mass is 35.5. The number of Topliss-reactive ketones (excluding diaryl/α,β-unsaturated/α-hetero) is 1. The molecule has 4 nitrogen and oxygen atoms in total. The van der Waals surface area contributed by atoms with Crippen molar-refractivity contribution in [3.63, 3.8) is 0 Å². The predicted molar refractivity (Wildman–Crippen MR) is 122 cm³/mol. The number of anilines is 2. The van der Waals surface area contributed by atoms with Gasteiger partial charge in [0.25, 0.3) is 0 Å². The van der Waals surface area contributed by atoms with E-state index in [2.05, 4.69) is 40.5 Å². The van der Waals surface area contributed by atoms with E-state index >= 15 is 0 Å². The number of likely N-dealkylation sites (tertiary alicyclic amines) is 1. The number of para-hydroxylation sites is 1. The number of nitrogens with zero attached hydrogens (tertiary/aromatic N) is 1. The molecule has 4 rings (SSSR count). The Bertz CT molecular complexity index is 866. The fourth-order valence-corrected chi connectivity index (χ4v) is 5.22. The third kappa shape index (κ3) is 4.97. The third-order valence-corrected chi connectivity index (χ3v) is 6.93. The number of piperidine rings is 1. The fraction of sp³-hybridized carbons (Fsp3) is 0.435. The number of hydrogen-bond acceptors (Lipinski definition) is 5. The molecular formula is C23H29ClN2O2S. The standard InChI is InChI=1S/C23H28N2O2S.ClH/c1-16(26)18-9-10-22-23(24-20-7-3-4-8-21(20)28-22)19(18)6-5-13-25-14-11-17(27-2)12-15-25;/h3-4,7-10,17,24H,5-6,11-15H2,1-2H3;1H. The van der Waals surface area contributed by atoms with Crippen molar-refractivity contribution in [2.24, 2.45) is 0 Å². The maximum Gasteiger partial charge on any atom is 0.160 e. The van der Waals surface area contributed by atoms with Gasteiger partial charge in [-0.2, -0.15) is 0 Å². The fourth-order valence-electron chi connectivity index (χ4n) is 4.20. The van der Waals surface area contributed by atoms with Crippen molar-refractivity contribution < 1.29 is 9.53 Å². The molecule has 29 heavy (non-hydrogen) atoms.